The SMILES string of the molecule is C=CCCC(=O)N[C@@H](C)[C@H](OC(=O)[C@@H]1[C@H]2O[C@@]3(CC2Br)[C@H](C(=O)N(CC=C)C2CCCCC2)N(CCCCO)C(=O)[C@@H]13)c1ccccc1. The normalized spacial score (nSPS) is 29.2. The van der Waals surface area contributed by atoms with E-state index in [4.69, 9.17) is 9.47 Å². The molecule has 1 saturated carbocycles. The van der Waals surface area contributed by atoms with Crippen LogP contribution >= 0.6 is 15.9 Å². The van der Waals surface area contributed by atoms with E-state index >= 15 is 0 Å². The number of aliphatic hydroxyl groups excluding tert-OH is 1. The third-order valence-corrected chi connectivity index (χ3v) is 11.4. The van der Waals surface area contributed by atoms with E-state index in [1.54, 1.807) is 24.0 Å². The highest BCUT2D eigenvalue weighted by Crippen LogP contribution is 2.60. The summed E-state index contributed by atoms with van der Waals surface area (Å²) >= 11 is 3.76. The van der Waals surface area contributed by atoms with E-state index in [-0.39, 0.29) is 48.2 Å². The molecule has 1 aromatic carbocycles. The van der Waals surface area contributed by atoms with Crippen molar-refractivity contribution < 1.29 is 33.8 Å². The number of rotatable bonds is 16. The monoisotopic (exact) mass is 727 g/mol. The molecule has 0 aromatic heterocycles. The van der Waals surface area contributed by atoms with E-state index in [1.165, 1.54) is 0 Å². The van der Waals surface area contributed by atoms with Gasteiger partial charge in [0, 0.05) is 37.0 Å². The fourth-order valence-electron chi connectivity index (χ4n) is 8.36. The van der Waals surface area contributed by atoms with Gasteiger partial charge in [-0.1, -0.05) is 77.7 Å². The van der Waals surface area contributed by atoms with Crippen molar-refractivity contribution >= 4 is 39.6 Å². The van der Waals surface area contributed by atoms with Gasteiger partial charge in [0.25, 0.3) is 0 Å². The van der Waals surface area contributed by atoms with Crippen LogP contribution in [0.4, 0.5) is 0 Å². The van der Waals surface area contributed by atoms with Crippen LogP contribution in [0.2, 0.25) is 0 Å². The van der Waals surface area contributed by atoms with Crippen LogP contribution in [-0.2, 0) is 28.7 Å². The Balaban J connectivity index is 1.47. The molecule has 2 bridgehead atoms. The van der Waals surface area contributed by atoms with E-state index in [2.05, 4.69) is 34.4 Å². The van der Waals surface area contributed by atoms with Gasteiger partial charge >= 0.3 is 5.97 Å². The quantitative estimate of drug-likeness (QED) is 0.110. The zero-order valence-corrected chi connectivity index (χ0v) is 29.5. The number of amides is 3. The summed E-state index contributed by atoms with van der Waals surface area (Å²) in [6.45, 7) is 10.0. The summed E-state index contributed by atoms with van der Waals surface area (Å²) in [5, 5.41) is 12.5. The molecule has 3 saturated heterocycles. The van der Waals surface area contributed by atoms with Gasteiger partial charge in [0.15, 0.2) is 0 Å². The van der Waals surface area contributed by atoms with Crippen LogP contribution in [0.1, 0.15) is 82.8 Å². The predicted molar refractivity (Wildman–Crippen MR) is 185 cm³/mol. The van der Waals surface area contributed by atoms with Gasteiger partial charge in [0.2, 0.25) is 17.7 Å². The number of benzene rings is 1. The second-order valence-corrected chi connectivity index (χ2v) is 14.8. The van der Waals surface area contributed by atoms with Gasteiger partial charge in [0.05, 0.1) is 24.0 Å². The Morgan fingerprint density at radius 2 is 1.90 bits per heavy atom. The number of alkyl halides is 1. The molecule has 2 N–H and O–H groups in total. The fraction of sp³-hybridized carbons (Fsp3) is 0.622. The summed E-state index contributed by atoms with van der Waals surface area (Å²) in [5.74, 6) is -3.10. The Labute approximate surface area is 292 Å². The topological polar surface area (TPSA) is 125 Å². The number of carbonyl (C=O) groups excluding carboxylic acids is 4. The first-order chi connectivity index (χ1) is 23.2. The third-order valence-electron chi connectivity index (χ3n) is 10.5. The molecule has 5 rings (SSSR count). The first-order valence-electron chi connectivity index (χ1n) is 17.5. The van der Waals surface area contributed by atoms with Crippen LogP contribution in [0, 0.1) is 11.8 Å². The number of ether oxygens (including phenoxy) is 2. The molecule has 1 unspecified atom stereocenters. The van der Waals surface area contributed by atoms with Crippen molar-refractivity contribution in [2.45, 2.75) is 112 Å². The first kappa shape index (κ1) is 36.3. The minimum atomic E-state index is -1.21. The summed E-state index contributed by atoms with van der Waals surface area (Å²) in [6.07, 6.45) is 9.08. The lowest BCUT2D eigenvalue weighted by Gasteiger charge is -2.41. The average molecular weight is 729 g/mol. The van der Waals surface area contributed by atoms with Crippen LogP contribution in [0.15, 0.2) is 55.6 Å². The van der Waals surface area contributed by atoms with Crippen molar-refractivity contribution in [3.05, 3.63) is 61.2 Å². The van der Waals surface area contributed by atoms with Gasteiger partial charge in [-0.05, 0) is 51.0 Å². The van der Waals surface area contributed by atoms with Gasteiger partial charge in [0.1, 0.15) is 17.7 Å². The lowest BCUT2D eigenvalue weighted by Crippen LogP contribution is -2.58. The van der Waals surface area contributed by atoms with Crippen molar-refractivity contribution in [2.75, 3.05) is 19.7 Å². The highest BCUT2D eigenvalue weighted by atomic mass is 79.9. The van der Waals surface area contributed by atoms with E-state index in [9.17, 15) is 24.3 Å². The van der Waals surface area contributed by atoms with Crippen LogP contribution in [0.5, 0.6) is 0 Å². The number of esters is 1. The number of nitrogens with zero attached hydrogens (tertiary/aromatic N) is 2. The number of allylic oxidation sites excluding steroid dienone is 1. The number of aliphatic hydroxyl groups is 1. The number of hydrogen-bond donors (Lipinski definition) is 2. The molecule has 3 heterocycles. The van der Waals surface area contributed by atoms with Crippen LogP contribution in [-0.4, -0.2) is 93.0 Å². The van der Waals surface area contributed by atoms with Gasteiger partial charge in [-0.2, -0.15) is 0 Å². The van der Waals surface area contributed by atoms with Crippen molar-refractivity contribution in [2.24, 2.45) is 11.8 Å². The number of nitrogens with one attached hydrogen (secondary N) is 1. The maximum absolute atomic E-state index is 14.7. The minimum absolute atomic E-state index is 0.0277. The lowest BCUT2D eigenvalue weighted by molar-refractivity contribution is -0.162. The van der Waals surface area contributed by atoms with E-state index in [0.29, 0.717) is 37.8 Å². The van der Waals surface area contributed by atoms with Gasteiger partial charge in [-0.3, -0.25) is 19.2 Å². The fourth-order valence-corrected chi connectivity index (χ4v) is 9.30. The molecule has 3 amide bonds. The summed E-state index contributed by atoms with van der Waals surface area (Å²) in [4.78, 5) is 59.5. The van der Waals surface area contributed by atoms with E-state index < -0.39 is 47.7 Å². The zero-order chi connectivity index (χ0) is 34.4. The first-order valence-corrected chi connectivity index (χ1v) is 18.4. The Kier molecular flexibility index (Phi) is 12.2. The molecule has 11 heteroatoms. The Hall–Kier alpha value is -3.02. The van der Waals surface area contributed by atoms with Crippen LogP contribution < -0.4 is 5.32 Å². The molecule has 1 aliphatic carbocycles. The van der Waals surface area contributed by atoms with E-state index in [1.807, 2.05) is 35.2 Å². The summed E-state index contributed by atoms with van der Waals surface area (Å²) in [7, 11) is 0. The molecular formula is C37H50BrN3O7. The predicted octanol–water partition coefficient (Wildman–Crippen LogP) is 4.61. The van der Waals surface area contributed by atoms with E-state index in [0.717, 1.165) is 32.1 Å². The highest BCUT2D eigenvalue weighted by molar-refractivity contribution is 9.09. The Bertz CT molecular complexity index is 1340. The standard InChI is InChI=1S/C37H50BrN3O7/c1-4-6-19-28(43)39-24(3)31(25-15-9-7-10-16-25)47-36(46)29-30-34(44)41(21-13-14-22-42)33(37(30)23-27(38)32(29)48-37)35(45)40(20-5-2)26-17-11-8-12-18-26/h4-5,7,9-10,15-16,24,26-27,29-33,42H,1-2,6,8,11-14,17-23H2,3H3,(H,39,43)/t24-,27?,29-,30+,31-,32-,33-,37+/m0/s1. The molecule has 4 aliphatic rings. The van der Waals surface area contributed by atoms with Gasteiger partial charge in [-0.15, -0.1) is 13.2 Å². The summed E-state index contributed by atoms with van der Waals surface area (Å²) in [6, 6.07) is 7.80. The maximum atomic E-state index is 14.7. The van der Waals surface area contributed by atoms with Crippen molar-refractivity contribution in [3.63, 3.8) is 0 Å². The molecule has 4 fully saturated rings. The molecule has 0 radical (unpaired) electrons. The number of unbranched alkanes of at least 4 members (excludes halogenated alkanes) is 1. The number of carbonyl (C=O) groups is 4. The highest BCUT2D eigenvalue weighted by Gasteiger charge is 2.77. The van der Waals surface area contributed by atoms with Crippen LogP contribution in [0.3, 0.4) is 0 Å². The van der Waals surface area contributed by atoms with Crippen molar-refractivity contribution in [1.29, 1.82) is 0 Å². The number of halogens is 1. The van der Waals surface area contributed by atoms with Gasteiger partial charge < -0.3 is 29.7 Å². The zero-order valence-electron chi connectivity index (χ0n) is 27.9. The van der Waals surface area contributed by atoms with Crippen molar-refractivity contribution in [3.8, 4) is 0 Å². The second kappa shape index (κ2) is 16.1. The number of likely N-dealkylation sites (tertiary alicyclic amines) is 1. The number of hydrogen-bond acceptors (Lipinski definition) is 7. The smallest absolute Gasteiger partial charge is 0.313 e. The molecule has 8 atom stereocenters. The Morgan fingerprint density at radius 1 is 1.17 bits per heavy atom. The number of fused-ring (bicyclic) bond motifs is 1. The van der Waals surface area contributed by atoms with Crippen LogP contribution in [0.25, 0.3) is 0 Å². The summed E-state index contributed by atoms with van der Waals surface area (Å²) in [5.41, 5.74) is -0.503. The molecular weight excluding hydrogens is 678 g/mol. The largest absolute Gasteiger partial charge is 0.455 e. The third kappa shape index (κ3) is 7.14. The maximum Gasteiger partial charge on any atom is 0.313 e. The second-order valence-electron chi connectivity index (χ2n) is 13.6. The Morgan fingerprint density at radius 3 is 2.56 bits per heavy atom. The molecule has 1 aromatic rings. The molecule has 1 spiro atoms. The summed E-state index contributed by atoms with van der Waals surface area (Å²) < 4.78 is 13.0. The molecule has 10 nitrogen and oxygen atoms in total. The molecule has 48 heavy (non-hydrogen) atoms. The van der Waals surface area contributed by atoms with Gasteiger partial charge in [-0.25, -0.2) is 0 Å². The minimum Gasteiger partial charge on any atom is -0.455 e. The molecule has 3 aliphatic heterocycles. The lowest BCUT2D eigenvalue weighted by atomic mass is 9.70. The molecule has 262 valence electrons. The average Bonchev–Trinajstić information content (AvgIpc) is 3.68. The van der Waals surface area contributed by atoms with Crippen molar-refractivity contribution in [1.82, 2.24) is 15.1 Å².